The average Bonchev–Trinajstić information content (AvgIpc) is 2.29. The minimum absolute atomic E-state index is 0. The summed E-state index contributed by atoms with van der Waals surface area (Å²) in [5.41, 5.74) is 1.83. The van der Waals surface area contributed by atoms with Crippen molar-refractivity contribution in [3.8, 4) is 11.4 Å². The molecule has 90 valence electrons. The zero-order valence-electron chi connectivity index (χ0n) is 9.26. The fourth-order valence-corrected chi connectivity index (χ4v) is 1.03. The van der Waals surface area contributed by atoms with Crippen molar-refractivity contribution in [3.63, 3.8) is 0 Å². The van der Waals surface area contributed by atoms with Gasteiger partial charge in [0.15, 0.2) is 0 Å². The van der Waals surface area contributed by atoms with Gasteiger partial charge in [-0.1, -0.05) is 12.1 Å². The van der Waals surface area contributed by atoms with E-state index in [9.17, 15) is 0 Å². The third kappa shape index (κ3) is 8.09. The van der Waals surface area contributed by atoms with Gasteiger partial charge in [-0.15, -0.1) is 0 Å². The third-order valence-corrected chi connectivity index (χ3v) is 1.59. The van der Waals surface area contributed by atoms with E-state index in [0.717, 1.165) is 11.4 Å². The first-order valence-electron chi connectivity index (χ1n) is 4.46. The quantitative estimate of drug-likeness (QED) is 0.424. The van der Waals surface area contributed by atoms with Crippen molar-refractivity contribution < 1.29 is 17.5 Å². The molecule has 0 unspecified atom stereocenters. The molecule has 0 saturated heterocycles. The summed E-state index contributed by atoms with van der Waals surface area (Å²) in [5.74, 6) is 0. The minimum atomic E-state index is -5.17. The number of hydrogen-bond acceptors (Lipinski definition) is 6. The second-order valence-corrected chi connectivity index (χ2v) is 3.65. The van der Waals surface area contributed by atoms with E-state index >= 15 is 0 Å². The van der Waals surface area contributed by atoms with Gasteiger partial charge in [-0.05, 0) is 24.3 Å². The van der Waals surface area contributed by atoms with E-state index < -0.39 is 10.4 Å². The predicted octanol–water partition coefficient (Wildman–Crippen LogP) is 0.425. The summed E-state index contributed by atoms with van der Waals surface area (Å²) < 4.78 is 34.1. The van der Waals surface area contributed by atoms with Crippen molar-refractivity contribution >= 4 is 33.5 Å². The van der Waals surface area contributed by atoms with Crippen LogP contribution in [0.25, 0.3) is 11.4 Å². The van der Waals surface area contributed by atoms with Crippen LogP contribution in [-0.4, -0.2) is 50.5 Å². The Morgan fingerprint density at radius 3 is 1.39 bits per heavy atom. The van der Waals surface area contributed by atoms with Crippen LogP contribution >= 0.6 is 0 Å². The van der Waals surface area contributed by atoms with E-state index in [-0.39, 0.29) is 23.1 Å². The Morgan fingerprint density at radius 2 is 1.17 bits per heavy atom. The van der Waals surface area contributed by atoms with Crippen molar-refractivity contribution in [1.82, 2.24) is 9.97 Å². The number of rotatable bonds is 1. The molecule has 0 aliphatic heterocycles. The van der Waals surface area contributed by atoms with Crippen LogP contribution in [0.1, 0.15) is 0 Å². The molecule has 0 radical (unpaired) electrons. The number of nitrogens with zero attached hydrogens (tertiary/aromatic N) is 2. The van der Waals surface area contributed by atoms with Crippen LogP contribution in [0.2, 0.25) is 0 Å². The van der Waals surface area contributed by atoms with E-state index in [4.69, 9.17) is 17.5 Å². The summed E-state index contributed by atoms with van der Waals surface area (Å²) >= 11 is 0. The van der Waals surface area contributed by atoms with Gasteiger partial charge in [-0.25, -0.2) is 0 Å². The van der Waals surface area contributed by atoms with Crippen LogP contribution in [0.15, 0.2) is 48.8 Å². The molecule has 0 atom stereocenters. The summed E-state index contributed by atoms with van der Waals surface area (Å²) in [5, 5.41) is 0. The van der Waals surface area contributed by atoms with Crippen molar-refractivity contribution in [3.05, 3.63) is 48.8 Å². The van der Waals surface area contributed by atoms with Crippen LogP contribution in [-0.2, 0) is 10.4 Å². The number of pyridine rings is 2. The normalized spacial score (nSPS) is 9.67. The van der Waals surface area contributed by atoms with Gasteiger partial charge >= 0.3 is 23.1 Å². The second-order valence-electron chi connectivity index (χ2n) is 2.84. The maximum Gasteiger partial charge on any atom is 2.00 e. The van der Waals surface area contributed by atoms with Gasteiger partial charge in [0.25, 0.3) is 0 Å². The summed E-state index contributed by atoms with van der Waals surface area (Å²) in [4.78, 5) is 8.37. The Morgan fingerprint density at radius 1 is 0.833 bits per heavy atom. The monoisotopic (exact) mass is 276 g/mol. The van der Waals surface area contributed by atoms with Gasteiger partial charge in [-0.3, -0.25) is 18.4 Å². The topological polar surface area (TPSA) is 106 Å². The maximum absolute atomic E-state index is 8.52. The Balaban J connectivity index is 0.000000421. The van der Waals surface area contributed by atoms with Crippen LogP contribution in [0.5, 0.6) is 0 Å². The predicted molar refractivity (Wildman–Crippen MR) is 63.7 cm³/mol. The largest absolute Gasteiger partial charge is 2.00 e. The first kappa shape index (κ1) is 16.9. The first-order valence-corrected chi connectivity index (χ1v) is 5.79. The smallest absolute Gasteiger partial charge is 0.759 e. The molecule has 0 aromatic carbocycles. The molecule has 0 fully saturated rings. The van der Waals surface area contributed by atoms with Crippen LogP contribution < -0.4 is 0 Å². The molecule has 0 saturated carbocycles. The fraction of sp³-hybridized carbons (Fsp3) is 0. The molecule has 18 heavy (non-hydrogen) atoms. The summed E-state index contributed by atoms with van der Waals surface area (Å²) in [7, 11) is -5.17. The molecule has 6 nitrogen and oxygen atoms in total. The molecule has 2 aromatic heterocycles. The zero-order chi connectivity index (χ0) is 12.7. The maximum atomic E-state index is 8.52. The Bertz CT molecular complexity index is 503. The van der Waals surface area contributed by atoms with Crippen molar-refractivity contribution in [1.29, 1.82) is 0 Å². The van der Waals surface area contributed by atoms with E-state index in [1.54, 1.807) is 12.4 Å². The molecule has 0 aliphatic rings. The number of hydrogen-bond donors (Lipinski definition) is 0. The third-order valence-electron chi connectivity index (χ3n) is 1.59. The molecule has 0 bridgehead atoms. The van der Waals surface area contributed by atoms with Crippen molar-refractivity contribution in [2.75, 3.05) is 0 Å². The van der Waals surface area contributed by atoms with Crippen molar-refractivity contribution in [2.45, 2.75) is 0 Å². The molecule has 0 spiro atoms. The van der Waals surface area contributed by atoms with Crippen LogP contribution in [0, 0.1) is 0 Å². The number of aromatic nitrogens is 2. The molecule has 0 N–H and O–H groups in total. The van der Waals surface area contributed by atoms with Crippen LogP contribution in [0.4, 0.5) is 0 Å². The van der Waals surface area contributed by atoms with Gasteiger partial charge in [0.1, 0.15) is 0 Å². The zero-order valence-corrected chi connectivity index (χ0v) is 11.5. The molecule has 0 aliphatic carbocycles. The SMILES string of the molecule is O=S(=O)([O-])[O-].[Mg+2].c1ccc(-c2ccccn2)nc1. The van der Waals surface area contributed by atoms with E-state index in [0.29, 0.717) is 0 Å². The van der Waals surface area contributed by atoms with Gasteiger partial charge in [0.05, 0.1) is 11.4 Å². The molecule has 2 rings (SSSR count). The summed E-state index contributed by atoms with van der Waals surface area (Å²) in [6.07, 6.45) is 3.54. The van der Waals surface area contributed by atoms with Gasteiger partial charge in [0, 0.05) is 22.8 Å². The molecular weight excluding hydrogens is 268 g/mol. The molecule has 2 heterocycles. The minimum Gasteiger partial charge on any atom is -0.759 e. The molecule has 0 amide bonds. The summed E-state index contributed by atoms with van der Waals surface area (Å²) in [6, 6.07) is 11.6. The van der Waals surface area contributed by atoms with Gasteiger partial charge in [-0.2, -0.15) is 0 Å². The van der Waals surface area contributed by atoms with E-state index in [1.165, 1.54) is 0 Å². The van der Waals surface area contributed by atoms with Crippen LogP contribution in [0.3, 0.4) is 0 Å². The Hall–Kier alpha value is -1.06. The van der Waals surface area contributed by atoms with E-state index in [2.05, 4.69) is 9.97 Å². The van der Waals surface area contributed by atoms with Crippen molar-refractivity contribution in [2.24, 2.45) is 0 Å². The molecule has 8 heteroatoms. The van der Waals surface area contributed by atoms with E-state index in [1.807, 2.05) is 36.4 Å². The second kappa shape index (κ2) is 8.11. The standard InChI is InChI=1S/C10H8N2.Mg.H2O4S/c1-3-7-11-9(5-1)10-6-2-4-8-12-10;;1-5(2,3)4/h1-8H;;(H2,1,2,3,4)/q;+2;/p-2. The van der Waals surface area contributed by atoms with Gasteiger partial charge < -0.3 is 9.11 Å². The molecule has 2 aromatic rings. The first-order chi connectivity index (χ1) is 7.97. The molecular formula is C10H8MgN2O4S. The van der Waals surface area contributed by atoms with Gasteiger partial charge in [0.2, 0.25) is 0 Å². The Kier molecular flexibility index (Phi) is 7.63. The average molecular weight is 277 g/mol. The fourth-order valence-electron chi connectivity index (χ4n) is 1.03. The summed E-state index contributed by atoms with van der Waals surface area (Å²) in [6.45, 7) is 0. The Labute approximate surface area is 121 Å².